The zero-order valence-corrected chi connectivity index (χ0v) is 16.9. The molecule has 4 rings (SSSR count). The van der Waals surface area contributed by atoms with Gasteiger partial charge in [-0.3, -0.25) is 14.6 Å². The molecule has 0 aliphatic carbocycles. The largest absolute Gasteiger partial charge is 0.361 e. The molecule has 3 aromatic rings. The van der Waals surface area contributed by atoms with Crippen molar-refractivity contribution in [1.29, 1.82) is 0 Å². The van der Waals surface area contributed by atoms with Gasteiger partial charge in [-0.05, 0) is 31.4 Å². The predicted octanol–water partition coefficient (Wildman–Crippen LogP) is 2.89. The summed E-state index contributed by atoms with van der Waals surface area (Å²) in [6, 6.07) is 15.1. The Morgan fingerprint density at radius 2 is 2.03 bits per heavy atom. The molecule has 30 heavy (non-hydrogen) atoms. The summed E-state index contributed by atoms with van der Waals surface area (Å²) in [5, 5.41) is 6.75. The van der Waals surface area contributed by atoms with Gasteiger partial charge in [0.05, 0.1) is 17.8 Å². The number of benzene rings is 1. The molecular formula is C23H24N4O3. The summed E-state index contributed by atoms with van der Waals surface area (Å²) >= 11 is 0. The third-order valence-corrected chi connectivity index (χ3v) is 5.24. The number of hydrogen-bond acceptors (Lipinski definition) is 5. The highest BCUT2D eigenvalue weighted by Crippen LogP contribution is 2.20. The minimum atomic E-state index is -0.446. The number of amides is 2. The van der Waals surface area contributed by atoms with E-state index < -0.39 is 6.04 Å². The summed E-state index contributed by atoms with van der Waals surface area (Å²) < 4.78 is 5.13. The van der Waals surface area contributed by atoms with Crippen LogP contribution in [-0.2, 0) is 22.6 Å². The van der Waals surface area contributed by atoms with E-state index in [1.807, 2.05) is 49.4 Å². The number of carbonyl (C=O) groups excluding carboxylic acids is 2. The van der Waals surface area contributed by atoms with Crippen molar-refractivity contribution < 1.29 is 14.1 Å². The number of hydrogen-bond donors (Lipinski definition) is 1. The van der Waals surface area contributed by atoms with E-state index in [0.717, 1.165) is 28.9 Å². The van der Waals surface area contributed by atoms with Crippen LogP contribution in [0, 0.1) is 6.92 Å². The summed E-state index contributed by atoms with van der Waals surface area (Å²) in [6.07, 6.45) is 3.37. The molecule has 1 aliphatic heterocycles. The Kier molecular flexibility index (Phi) is 5.88. The molecule has 1 fully saturated rings. The second kappa shape index (κ2) is 8.90. The molecule has 0 bridgehead atoms. The molecule has 0 radical (unpaired) electrons. The van der Waals surface area contributed by atoms with Crippen molar-refractivity contribution in [2.24, 2.45) is 0 Å². The summed E-state index contributed by atoms with van der Waals surface area (Å²) in [5.74, 6) is 0.271. The molecule has 1 aliphatic rings. The summed E-state index contributed by atoms with van der Waals surface area (Å²) in [4.78, 5) is 31.5. The number of aromatic nitrogens is 2. The number of rotatable bonds is 6. The zero-order valence-electron chi connectivity index (χ0n) is 16.9. The van der Waals surface area contributed by atoms with Gasteiger partial charge in [-0.1, -0.05) is 41.6 Å². The molecule has 3 heterocycles. The highest BCUT2D eigenvalue weighted by Gasteiger charge is 2.34. The van der Waals surface area contributed by atoms with E-state index in [-0.39, 0.29) is 18.2 Å². The Hall–Kier alpha value is -3.48. The fourth-order valence-electron chi connectivity index (χ4n) is 3.70. The monoisotopic (exact) mass is 404 g/mol. The minimum Gasteiger partial charge on any atom is -0.361 e. The van der Waals surface area contributed by atoms with Crippen LogP contribution in [0.25, 0.3) is 11.3 Å². The first-order valence-electron chi connectivity index (χ1n) is 10.1. The molecular weight excluding hydrogens is 380 g/mol. The lowest BCUT2D eigenvalue weighted by Gasteiger charge is -2.23. The Morgan fingerprint density at radius 3 is 2.73 bits per heavy atom. The van der Waals surface area contributed by atoms with Gasteiger partial charge in [-0.25, -0.2) is 0 Å². The van der Waals surface area contributed by atoms with Gasteiger partial charge in [-0.15, -0.1) is 0 Å². The third-order valence-electron chi connectivity index (χ3n) is 5.24. The highest BCUT2D eigenvalue weighted by molar-refractivity contribution is 5.88. The third kappa shape index (κ3) is 4.56. The van der Waals surface area contributed by atoms with Crippen molar-refractivity contribution in [2.75, 3.05) is 6.54 Å². The van der Waals surface area contributed by atoms with Crippen LogP contribution in [0.15, 0.2) is 59.3 Å². The van der Waals surface area contributed by atoms with Gasteiger partial charge in [0.1, 0.15) is 11.8 Å². The molecule has 0 spiro atoms. The lowest BCUT2D eigenvalue weighted by atomic mass is 10.1. The van der Waals surface area contributed by atoms with Gasteiger partial charge in [0.25, 0.3) is 0 Å². The van der Waals surface area contributed by atoms with Crippen molar-refractivity contribution in [3.05, 3.63) is 71.7 Å². The number of nitrogens with zero attached hydrogens (tertiary/aromatic N) is 3. The van der Waals surface area contributed by atoms with Gasteiger partial charge in [0.2, 0.25) is 11.8 Å². The van der Waals surface area contributed by atoms with Crippen LogP contribution >= 0.6 is 0 Å². The second-order valence-corrected chi connectivity index (χ2v) is 7.49. The highest BCUT2D eigenvalue weighted by atomic mass is 16.5. The van der Waals surface area contributed by atoms with Gasteiger partial charge in [0.15, 0.2) is 0 Å². The van der Waals surface area contributed by atoms with E-state index in [2.05, 4.69) is 15.5 Å². The lowest BCUT2D eigenvalue weighted by Crippen LogP contribution is -2.46. The molecule has 7 nitrogen and oxygen atoms in total. The maximum Gasteiger partial charge on any atom is 0.243 e. The number of aryl methyl sites for hydroxylation is 1. The number of carbonyl (C=O) groups is 2. The topological polar surface area (TPSA) is 88.3 Å². The molecule has 1 atom stereocenters. The van der Waals surface area contributed by atoms with Crippen molar-refractivity contribution in [3.63, 3.8) is 0 Å². The molecule has 1 aromatic carbocycles. The van der Waals surface area contributed by atoms with Crippen LogP contribution in [0.2, 0.25) is 0 Å². The molecule has 1 N–H and O–H groups in total. The summed E-state index contributed by atoms with van der Waals surface area (Å²) in [6.45, 7) is 2.77. The minimum absolute atomic E-state index is 0.113. The van der Waals surface area contributed by atoms with Crippen LogP contribution in [0.5, 0.6) is 0 Å². The normalized spacial score (nSPS) is 15.9. The van der Waals surface area contributed by atoms with Crippen molar-refractivity contribution >= 4 is 11.8 Å². The SMILES string of the molecule is Cc1cc(CC(=O)N2CCCC2C(=O)NCc2ccc(-c3ccccc3)nc2)on1. The van der Waals surface area contributed by atoms with Crippen LogP contribution < -0.4 is 5.32 Å². The van der Waals surface area contributed by atoms with Crippen molar-refractivity contribution in [3.8, 4) is 11.3 Å². The lowest BCUT2D eigenvalue weighted by molar-refractivity contribution is -0.138. The van der Waals surface area contributed by atoms with E-state index in [1.165, 1.54) is 0 Å². The van der Waals surface area contributed by atoms with Crippen LogP contribution in [0.4, 0.5) is 0 Å². The fraction of sp³-hybridized carbons (Fsp3) is 0.304. The van der Waals surface area contributed by atoms with Crippen LogP contribution in [0.3, 0.4) is 0 Å². The predicted molar refractivity (Wildman–Crippen MR) is 111 cm³/mol. The quantitative estimate of drug-likeness (QED) is 0.682. The molecule has 0 saturated carbocycles. The average Bonchev–Trinajstić information content (AvgIpc) is 3.42. The molecule has 154 valence electrons. The number of nitrogens with one attached hydrogen (secondary N) is 1. The van der Waals surface area contributed by atoms with E-state index >= 15 is 0 Å². The summed E-state index contributed by atoms with van der Waals surface area (Å²) in [7, 11) is 0. The standard InChI is InChI=1S/C23H24N4O3/c1-16-12-19(30-26-16)13-22(28)27-11-5-8-21(27)23(29)25-15-17-9-10-20(24-14-17)18-6-3-2-4-7-18/h2-4,6-7,9-10,12,14,21H,5,8,11,13,15H2,1H3,(H,25,29). The maximum absolute atomic E-state index is 12.7. The molecule has 2 aromatic heterocycles. The molecule has 1 saturated heterocycles. The molecule has 1 unspecified atom stereocenters. The van der Waals surface area contributed by atoms with E-state index in [4.69, 9.17) is 4.52 Å². The van der Waals surface area contributed by atoms with Crippen LogP contribution in [0.1, 0.15) is 29.9 Å². The van der Waals surface area contributed by atoms with Gasteiger partial charge < -0.3 is 14.7 Å². The maximum atomic E-state index is 12.7. The first-order chi connectivity index (χ1) is 14.6. The number of likely N-dealkylation sites (tertiary alicyclic amines) is 1. The number of pyridine rings is 1. The average molecular weight is 404 g/mol. The zero-order chi connectivity index (χ0) is 20.9. The first-order valence-corrected chi connectivity index (χ1v) is 10.1. The first kappa shape index (κ1) is 19.8. The van der Waals surface area contributed by atoms with Gasteiger partial charge >= 0.3 is 0 Å². The van der Waals surface area contributed by atoms with E-state index in [1.54, 1.807) is 17.2 Å². The Bertz CT molecular complexity index is 1010. The fourth-order valence-corrected chi connectivity index (χ4v) is 3.70. The van der Waals surface area contributed by atoms with Gasteiger partial charge in [0, 0.05) is 30.9 Å². The summed E-state index contributed by atoms with van der Waals surface area (Å²) in [5.41, 5.74) is 3.59. The second-order valence-electron chi connectivity index (χ2n) is 7.49. The van der Waals surface area contributed by atoms with Crippen LogP contribution in [-0.4, -0.2) is 39.4 Å². The van der Waals surface area contributed by atoms with Crippen molar-refractivity contribution in [1.82, 2.24) is 20.4 Å². The Labute approximate surface area is 175 Å². The van der Waals surface area contributed by atoms with E-state index in [9.17, 15) is 9.59 Å². The smallest absolute Gasteiger partial charge is 0.243 e. The van der Waals surface area contributed by atoms with Gasteiger partial charge in [-0.2, -0.15) is 0 Å². The van der Waals surface area contributed by atoms with Crippen molar-refractivity contribution in [2.45, 2.75) is 38.8 Å². The molecule has 7 heteroatoms. The Morgan fingerprint density at radius 1 is 1.20 bits per heavy atom. The van der Waals surface area contributed by atoms with E-state index in [0.29, 0.717) is 25.3 Å². The molecule has 2 amide bonds. The Balaban J connectivity index is 1.33.